The molecule has 5 heteroatoms. The Morgan fingerprint density at radius 3 is 2.65 bits per heavy atom. The van der Waals surface area contributed by atoms with Crippen LogP contribution in [-0.2, 0) is 4.79 Å². The summed E-state index contributed by atoms with van der Waals surface area (Å²) in [6.45, 7) is -0.108. The maximum absolute atomic E-state index is 11.7. The van der Waals surface area contributed by atoms with Gasteiger partial charge in [0.05, 0.1) is 23.0 Å². The minimum Gasteiger partial charge on any atom is -0.484 e. The van der Waals surface area contributed by atoms with Crippen LogP contribution < -0.4 is 15.8 Å². The van der Waals surface area contributed by atoms with Gasteiger partial charge in [0.1, 0.15) is 5.75 Å². The van der Waals surface area contributed by atoms with E-state index >= 15 is 0 Å². The third-order valence-corrected chi connectivity index (χ3v) is 2.57. The number of carbonyl (C=O) groups is 1. The van der Waals surface area contributed by atoms with E-state index in [2.05, 4.69) is 5.32 Å². The smallest absolute Gasteiger partial charge is 0.262 e. The lowest BCUT2D eigenvalue weighted by molar-refractivity contribution is -0.118. The van der Waals surface area contributed by atoms with Gasteiger partial charge in [-0.25, -0.2) is 0 Å². The van der Waals surface area contributed by atoms with Crippen LogP contribution >= 0.6 is 0 Å². The van der Waals surface area contributed by atoms with E-state index in [1.165, 1.54) is 6.07 Å². The van der Waals surface area contributed by atoms with Gasteiger partial charge in [-0.15, -0.1) is 0 Å². The zero-order valence-corrected chi connectivity index (χ0v) is 10.7. The number of nitrogens with two attached hydrogens (primary N) is 1. The minimum absolute atomic E-state index is 0.108. The number of benzene rings is 2. The average molecular weight is 267 g/mol. The van der Waals surface area contributed by atoms with Gasteiger partial charge < -0.3 is 15.8 Å². The number of amides is 1. The van der Waals surface area contributed by atoms with Crippen molar-refractivity contribution in [2.75, 3.05) is 17.7 Å². The van der Waals surface area contributed by atoms with Crippen LogP contribution in [0.2, 0.25) is 0 Å². The van der Waals surface area contributed by atoms with Crippen LogP contribution in [0.5, 0.6) is 5.75 Å². The number of para-hydroxylation sites is 1. The summed E-state index contributed by atoms with van der Waals surface area (Å²) in [6.07, 6.45) is 0. The van der Waals surface area contributed by atoms with Gasteiger partial charge >= 0.3 is 0 Å². The predicted octanol–water partition coefficient (Wildman–Crippen LogP) is 2.16. The zero-order valence-electron chi connectivity index (χ0n) is 10.7. The third-order valence-electron chi connectivity index (χ3n) is 2.57. The van der Waals surface area contributed by atoms with Gasteiger partial charge in [-0.1, -0.05) is 18.2 Å². The number of carbonyl (C=O) groups excluding carboxylic acids is 1. The topological polar surface area (TPSA) is 88.1 Å². The van der Waals surface area contributed by atoms with Crippen molar-refractivity contribution in [3.63, 3.8) is 0 Å². The first-order valence-electron chi connectivity index (χ1n) is 5.96. The predicted molar refractivity (Wildman–Crippen MR) is 76.1 cm³/mol. The number of nitrogens with zero attached hydrogens (tertiary/aromatic N) is 1. The highest BCUT2D eigenvalue weighted by molar-refractivity contribution is 5.94. The second-order valence-corrected chi connectivity index (χ2v) is 4.06. The fraction of sp³-hybridized carbons (Fsp3) is 0.0667. The number of nitriles is 1. The molecule has 1 amide bonds. The summed E-state index contributed by atoms with van der Waals surface area (Å²) in [4.78, 5) is 11.7. The number of hydrogen-bond donors (Lipinski definition) is 2. The van der Waals surface area contributed by atoms with E-state index < -0.39 is 0 Å². The zero-order chi connectivity index (χ0) is 14.4. The highest BCUT2D eigenvalue weighted by Crippen LogP contribution is 2.19. The van der Waals surface area contributed by atoms with Gasteiger partial charge in [0.25, 0.3) is 5.91 Å². The molecule has 0 atom stereocenters. The fourth-order valence-corrected chi connectivity index (χ4v) is 1.60. The number of hydrogen-bond acceptors (Lipinski definition) is 4. The Labute approximate surface area is 116 Å². The molecule has 0 unspecified atom stereocenters. The standard InChI is InChI=1S/C15H13N3O2/c16-9-11-6-7-14(13(17)8-11)18-15(19)10-20-12-4-2-1-3-5-12/h1-8H,10,17H2,(H,18,19). The van der Waals surface area contributed by atoms with Crippen LogP contribution in [0.1, 0.15) is 5.56 Å². The van der Waals surface area contributed by atoms with Crippen molar-refractivity contribution in [1.82, 2.24) is 0 Å². The lowest BCUT2D eigenvalue weighted by Gasteiger charge is -2.09. The molecular weight excluding hydrogens is 254 g/mol. The van der Waals surface area contributed by atoms with E-state index in [-0.39, 0.29) is 12.5 Å². The molecule has 0 bridgehead atoms. The largest absolute Gasteiger partial charge is 0.484 e. The van der Waals surface area contributed by atoms with Gasteiger partial charge in [0.2, 0.25) is 0 Å². The van der Waals surface area contributed by atoms with E-state index in [9.17, 15) is 4.79 Å². The second-order valence-electron chi connectivity index (χ2n) is 4.06. The summed E-state index contributed by atoms with van der Waals surface area (Å²) >= 11 is 0. The first kappa shape index (κ1) is 13.4. The Balaban J connectivity index is 1.93. The second kappa shape index (κ2) is 6.25. The first-order chi connectivity index (χ1) is 9.69. The van der Waals surface area contributed by atoms with Crippen molar-refractivity contribution < 1.29 is 9.53 Å². The van der Waals surface area contributed by atoms with Crippen molar-refractivity contribution in [1.29, 1.82) is 5.26 Å². The Morgan fingerprint density at radius 1 is 1.25 bits per heavy atom. The molecule has 5 nitrogen and oxygen atoms in total. The number of nitrogens with one attached hydrogen (secondary N) is 1. The van der Waals surface area contributed by atoms with Crippen LogP contribution in [0.4, 0.5) is 11.4 Å². The molecule has 0 spiro atoms. The number of ether oxygens (including phenoxy) is 1. The number of nitrogen functional groups attached to an aromatic ring is 1. The molecular formula is C15H13N3O2. The van der Waals surface area contributed by atoms with Gasteiger partial charge in [0.15, 0.2) is 6.61 Å². The van der Waals surface area contributed by atoms with Gasteiger partial charge in [-0.05, 0) is 30.3 Å². The highest BCUT2D eigenvalue weighted by Gasteiger charge is 2.06. The van der Waals surface area contributed by atoms with Crippen molar-refractivity contribution >= 4 is 17.3 Å². The molecule has 0 saturated heterocycles. The van der Waals surface area contributed by atoms with Gasteiger partial charge in [-0.2, -0.15) is 5.26 Å². The molecule has 2 rings (SSSR count). The minimum atomic E-state index is -0.315. The molecule has 2 aromatic rings. The van der Waals surface area contributed by atoms with Gasteiger partial charge in [0, 0.05) is 0 Å². The molecule has 100 valence electrons. The summed E-state index contributed by atoms with van der Waals surface area (Å²) in [5.74, 6) is 0.306. The number of rotatable bonds is 4. The summed E-state index contributed by atoms with van der Waals surface area (Å²) in [5.41, 5.74) is 7.00. The van der Waals surface area contributed by atoms with E-state index in [4.69, 9.17) is 15.7 Å². The molecule has 0 saturated carbocycles. The normalized spacial score (nSPS) is 9.55. The van der Waals surface area contributed by atoms with Crippen molar-refractivity contribution in [3.8, 4) is 11.8 Å². The molecule has 2 aromatic carbocycles. The van der Waals surface area contributed by atoms with E-state index in [1.807, 2.05) is 24.3 Å². The summed E-state index contributed by atoms with van der Waals surface area (Å²) in [6, 6.07) is 15.7. The van der Waals surface area contributed by atoms with Crippen molar-refractivity contribution in [2.24, 2.45) is 0 Å². The van der Waals surface area contributed by atoms with Crippen LogP contribution in [0, 0.1) is 11.3 Å². The van der Waals surface area contributed by atoms with Gasteiger partial charge in [-0.3, -0.25) is 4.79 Å². The molecule has 0 radical (unpaired) electrons. The molecule has 0 fully saturated rings. The maximum atomic E-state index is 11.7. The average Bonchev–Trinajstić information content (AvgIpc) is 2.48. The monoisotopic (exact) mass is 267 g/mol. The van der Waals surface area contributed by atoms with E-state index in [0.717, 1.165) is 0 Å². The highest BCUT2D eigenvalue weighted by atomic mass is 16.5. The van der Waals surface area contributed by atoms with E-state index in [1.54, 1.807) is 24.3 Å². The van der Waals surface area contributed by atoms with Crippen LogP contribution in [0.15, 0.2) is 48.5 Å². The van der Waals surface area contributed by atoms with Crippen LogP contribution in [-0.4, -0.2) is 12.5 Å². The van der Waals surface area contributed by atoms with Crippen molar-refractivity contribution in [2.45, 2.75) is 0 Å². The number of anilines is 2. The van der Waals surface area contributed by atoms with Crippen LogP contribution in [0.3, 0.4) is 0 Å². The Bertz CT molecular complexity index is 648. The molecule has 20 heavy (non-hydrogen) atoms. The third kappa shape index (κ3) is 3.50. The van der Waals surface area contributed by atoms with Crippen LogP contribution in [0.25, 0.3) is 0 Å². The molecule has 0 aromatic heterocycles. The molecule has 0 aliphatic rings. The Hall–Kier alpha value is -3.00. The summed E-state index contributed by atoms with van der Waals surface area (Å²) in [7, 11) is 0. The fourth-order valence-electron chi connectivity index (χ4n) is 1.60. The lowest BCUT2D eigenvalue weighted by atomic mass is 10.2. The summed E-state index contributed by atoms with van der Waals surface area (Å²) < 4.78 is 5.32. The maximum Gasteiger partial charge on any atom is 0.262 e. The Kier molecular flexibility index (Phi) is 4.20. The molecule has 3 N–H and O–H groups in total. The van der Waals surface area contributed by atoms with Crippen molar-refractivity contribution in [3.05, 3.63) is 54.1 Å². The Morgan fingerprint density at radius 2 is 2.00 bits per heavy atom. The quantitative estimate of drug-likeness (QED) is 0.831. The SMILES string of the molecule is N#Cc1ccc(NC(=O)COc2ccccc2)c(N)c1. The summed E-state index contributed by atoms with van der Waals surface area (Å²) in [5, 5.41) is 11.4. The first-order valence-corrected chi connectivity index (χ1v) is 5.96. The molecule has 0 aliphatic heterocycles. The van der Waals surface area contributed by atoms with E-state index in [0.29, 0.717) is 22.7 Å². The lowest BCUT2D eigenvalue weighted by Crippen LogP contribution is -2.20. The molecule has 0 heterocycles. The molecule has 0 aliphatic carbocycles.